The molecule has 0 unspecified atom stereocenters. The highest BCUT2D eigenvalue weighted by Crippen LogP contribution is 2.39. The Kier molecular flexibility index (Phi) is 2.49. The molecule has 0 spiro atoms. The Morgan fingerprint density at radius 1 is 1.45 bits per heavy atom. The summed E-state index contributed by atoms with van der Waals surface area (Å²) in [5.41, 5.74) is 1.08. The van der Waals surface area contributed by atoms with Crippen molar-refractivity contribution in [1.82, 2.24) is 24.2 Å². The lowest BCUT2D eigenvalue weighted by Crippen LogP contribution is -2.12. The fraction of sp³-hybridized carbons (Fsp3) is 0.250. The molecule has 4 rings (SSSR count). The third-order valence-corrected chi connectivity index (χ3v) is 3.73. The van der Waals surface area contributed by atoms with Crippen molar-refractivity contribution in [3.8, 4) is 0 Å². The van der Waals surface area contributed by atoms with Gasteiger partial charge in [-0.1, -0.05) is 0 Å². The van der Waals surface area contributed by atoms with E-state index in [4.69, 9.17) is 0 Å². The van der Waals surface area contributed by atoms with E-state index >= 15 is 0 Å². The minimum absolute atomic E-state index is 0.297. The Morgan fingerprint density at radius 2 is 2.35 bits per heavy atom. The average Bonchev–Trinajstić information content (AvgIpc) is 3.04. The maximum atomic E-state index is 12.1. The second kappa shape index (κ2) is 4.34. The summed E-state index contributed by atoms with van der Waals surface area (Å²) >= 11 is 1.20. The smallest absolute Gasteiger partial charge is 0.278 e. The van der Waals surface area contributed by atoms with Crippen LogP contribution in [0.1, 0.15) is 35.1 Å². The quantitative estimate of drug-likeness (QED) is 0.792. The van der Waals surface area contributed by atoms with Gasteiger partial charge in [0.05, 0.1) is 5.52 Å². The number of carbonyl (C=O) groups is 1. The molecule has 1 amide bonds. The zero-order valence-electron chi connectivity index (χ0n) is 10.4. The van der Waals surface area contributed by atoms with Crippen LogP contribution in [0.4, 0.5) is 5.13 Å². The molecule has 3 aromatic heterocycles. The molecule has 100 valence electrons. The molecule has 20 heavy (non-hydrogen) atoms. The van der Waals surface area contributed by atoms with Crippen LogP contribution in [0, 0.1) is 0 Å². The zero-order chi connectivity index (χ0) is 13.5. The summed E-state index contributed by atoms with van der Waals surface area (Å²) in [6.45, 7) is 0. The number of nitrogens with zero attached hydrogens (tertiary/aromatic N) is 5. The van der Waals surface area contributed by atoms with Crippen LogP contribution in [0.25, 0.3) is 5.52 Å². The molecule has 3 heterocycles. The molecule has 1 N–H and O–H groups in total. The molecule has 0 aliphatic heterocycles. The molecule has 0 bridgehead atoms. The third kappa shape index (κ3) is 2.03. The highest BCUT2D eigenvalue weighted by atomic mass is 32.1. The third-order valence-electron chi connectivity index (χ3n) is 3.08. The lowest BCUT2D eigenvalue weighted by molar-refractivity contribution is 0.102. The first-order valence-electron chi connectivity index (χ1n) is 6.25. The van der Waals surface area contributed by atoms with Crippen molar-refractivity contribution >= 4 is 28.1 Å². The number of nitrogens with one attached hydrogen (secondary N) is 1. The van der Waals surface area contributed by atoms with Crippen LogP contribution in [0.2, 0.25) is 0 Å². The molecule has 0 radical (unpaired) electrons. The predicted molar refractivity (Wildman–Crippen MR) is 72.8 cm³/mol. The first-order valence-corrected chi connectivity index (χ1v) is 7.03. The monoisotopic (exact) mass is 286 g/mol. The summed E-state index contributed by atoms with van der Waals surface area (Å²) in [5.74, 6) is 1.02. The molecule has 1 aliphatic carbocycles. The molecule has 1 saturated carbocycles. The largest absolute Gasteiger partial charge is 0.295 e. The first kappa shape index (κ1) is 11.5. The topological polar surface area (TPSA) is 85.1 Å². The molecular weight excluding hydrogens is 276 g/mol. The van der Waals surface area contributed by atoms with Gasteiger partial charge >= 0.3 is 0 Å². The van der Waals surface area contributed by atoms with E-state index in [1.54, 1.807) is 18.3 Å². The predicted octanol–water partition coefficient (Wildman–Crippen LogP) is 1.71. The molecule has 1 aliphatic rings. The molecule has 7 nitrogen and oxygen atoms in total. The maximum Gasteiger partial charge on any atom is 0.278 e. The van der Waals surface area contributed by atoms with Crippen LogP contribution in [-0.2, 0) is 0 Å². The van der Waals surface area contributed by atoms with E-state index < -0.39 is 0 Å². The van der Waals surface area contributed by atoms with Gasteiger partial charge in [-0.15, -0.1) is 5.10 Å². The highest BCUT2D eigenvalue weighted by Gasteiger charge is 2.28. The molecule has 1 fully saturated rings. The number of rotatable bonds is 3. The number of anilines is 1. The van der Waals surface area contributed by atoms with Crippen molar-refractivity contribution in [3.05, 3.63) is 35.9 Å². The van der Waals surface area contributed by atoms with Crippen LogP contribution in [0.5, 0.6) is 0 Å². The highest BCUT2D eigenvalue weighted by molar-refractivity contribution is 7.09. The van der Waals surface area contributed by atoms with E-state index in [1.165, 1.54) is 16.2 Å². The molecular formula is C12H10N6OS. The van der Waals surface area contributed by atoms with Crippen LogP contribution in [0.15, 0.2) is 24.4 Å². The van der Waals surface area contributed by atoms with E-state index in [2.05, 4.69) is 24.9 Å². The Morgan fingerprint density at radius 3 is 3.15 bits per heavy atom. The first-order chi connectivity index (χ1) is 9.79. The maximum absolute atomic E-state index is 12.1. The fourth-order valence-corrected chi connectivity index (χ4v) is 2.54. The summed E-state index contributed by atoms with van der Waals surface area (Å²) in [6.07, 6.45) is 3.90. The summed E-state index contributed by atoms with van der Waals surface area (Å²) in [6, 6.07) is 5.32. The lowest BCUT2D eigenvalue weighted by Gasteiger charge is -1.95. The SMILES string of the molecule is O=C(Nc1nc(C2CC2)ns1)c1cc2cccnn2n1. The van der Waals surface area contributed by atoms with Gasteiger partial charge in [-0.25, -0.2) is 4.98 Å². The van der Waals surface area contributed by atoms with Gasteiger partial charge in [0.1, 0.15) is 5.82 Å². The van der Waals surface area contributed by atoms with Crippen LogP contribution in [-0.4, -0.2) is 30.1 Å². The van der Waals surface area contributed by atoms with Gasteiger partial charge in [-0.05, 0) is 31.0 Å². The Bertz CT molecular complexity index is 757. The normalized spacial score (nSPS) is 14.6. The summed E-state index contributed by atoms with van der Waals surface area (Å²) in [5, 5.41) is 11.4. The second-order valence-corrected chi connectivity index (χ2v) is 5.41. The Hall–Kier alpha value is -2.35. The second-order valence-electron chi connectivity index (χ2n) is 4.65. The Labute approximate surface area is 117 Å². The minimum atomic E-state index is -0.297. The summed E-state index contributed by atoms with van der Waals surface area (Å²) < 4.78 is 5.67. The van der Waals surface area contributed by atoms with Crippen molar-refractivity contribution in [1.29, 1.82) is 0 Å². The molecule has 8 heteroatoms. The zero-order valence-corrected chi connectivity index (χ0v) is 11.2. The number of carbonyl (C=O) groups excluding carboxylic acids is 1. The van der Waals surface area contributed by atoms with Crippen molar-refractivity contribution in [2.24, 2.45) is 0 Å². The number of amides is 1. The molecule has 0 saturated heterocycles. The Balaban J connectivity index is 1.56. The number of hydrogen-bond donors (Lipinski definition) is 1. The van der Waals surface area contributed by atoms with Gasteiger partial charge in [0.25, 0.3) is 5.91 Å². The number of hydrogen-bond acceptors (Lipinski definition) is 6. The minimum Gasteiger partial charge on any atom is -0.295 e. The van der Waals surface area contributed by atoms with Crippen LogP contribution < -0.4 is 5.32 Å². The van der Waals surface area contributed by atoms with E-state index in [-0.39, 0.29) is 5.91 Å². The van der Waals surface area contributed by atoms with Gasteiger partial charge in [-0.2, -0.15) is 14.1 Å². The number of aromatic nitrogens is 5. The molecule has 0 aromatic carbocycles. The van der Waals surface area contributed by atoms with Crippen molar-refractivity contribution < 1.29 is 4.79 Å². The van der Waals surface area contributed by atoms with Gasteiger partial charge in [-0.3, -0.25) is 10.1 Å². The molecule has 0 atom stereocenters. The fourth-order valence-electron chi connectivity index (χ4n) is 1.90. The van der Waals surface area contributed by atoms with Crippen molar-refractivity contribution in [2.75, 3.05) is 5.32 Å². The number of fused-ring (bicyclic) bond motifs is 1. The van der Waals surface area contributed by atoms with Crippen LogP contribution in [0.3, 0.4) is 0 Å². The van der Waals surface area contributed by atoms with E-state index in [1.807, 2.05) is 6.07 Å². The standard InChI is InChI=1S/C12H10N6OS/c19-11(9-6-8-2-1-5-13-18(8)16-9)15-12-14-10(17-20-12)7-3-4-7/h1-2,5-7H,3-4H2,(H,14,15,17,19). The average molecular weight is 286 g/mol. The van der Waals surface area contributed by atoms with Crippen LogP contribution >= 0.6 is 11.5 Å². The van der Waals surface area contributed by atoms with E-state index in [0.717, 1.165) is 24.2 Å². The molecule has 3 aromatic rings. The summed E-state index contributed by atoms with van der Waals surface area (Å²) in [7, 11) is 0. The lowest BCUT2D eigenvalue weighted by atomic mass is 10.3. The van der Waals surface area contributed by atoms with Gasteiger partial charge in [0.2, 0.25) is 5.13 Å². The van der Waals surface area contributed by atoms with Gasteiger partial charge in [0.15, 0.2) is 5.69 Å². The van der Waals surface area contributed by atoms with Crippen molar-refractivity contribution in [3.63, 3.8) is 0 Å². The van der Waals surface area contributed by atoms with Gasteiger partial charge < -0.3 is 0 Å². The van der Waals surface area contributed by atoms with Gasteiger partial charge in [0, 0.05) is 23.6 Å². The summed E-state index contributed by atoms with van der Waals surface area (Å²) in [4.78, 5) is 16.4. The van der Waals surface area contributed by atoms with Crippen molar-refractivity contribution in [2.45, 2.75) is 18.8 Å². The van der Waals surface area contributed by atoms with E-state index in [9.17, 15) is 4.79 Å². The van der Waals surface area contributed by atoms with E-state index in [0.29, 0.717) is 16.7 Å².